The van der Waals surface area contributed by atoms with E-state index >= 15 is 0 Å². The van der Waals surface area contributed by atoms with Crippen LogP contribution in [-0.4, -0.2) is 12.1 Å². The minimum Gasteiger partial charge on any atom is -0.459 e. The zero-order chi connectivity index (χ0) is 15.6. The molecule has 0 aliphatic heterocycles. The molecule has 0 radical (unpaired) electrons. The number of rotatable bonds is 4. The summed E-state index contributed by atoms with van der Waals surface area (Å²) in [4.78, 5) is 13.4. The number of aryl methyl sites for hydroxylation is 1. The predicted octanol–water partition coefficient (Wildman–Crippen LogP) is 4.78. The molecule has 0 saturated carbocycles. The lowest BCUT2D eigenvalue weighted by molar-refractivity contribution is 0.0380. The smallest absolute Gasteiger partial charge is 0.342 e. The van der Waals surface area contributed by atoms with Crippen LogP contribution < -0.4 is 5.73 Å². The molecule has 1 aromatic carbocycles. The van der Waals surface area contributed by atoms with Crippen LogP contribution in [0.4, 0.5) is 5.00 Å². The first-order valence-electron chi connectivity index (χ1n) is 6.82. The molecule has 0 spiro atoms. The number of ether oxygens (including phenoxy) is 1. The van der Waals surface area contributed by atoms with Crippen LogP contribution in [0.2, 0.25) is 5.02 Å². The molecular formula is C16H18ClNO2S. The molecule has 0 unspecified atom stereocenters. The van der Waals surface area contributed by atoms with Crippen molar-refractivity contribution in [3.63, 3.8) is 0 Å². The van der Waals surface area contributed by atoms with Crippen LogP contribution >= 0.6 is 22.9 Å². The number of carbonyl (C=O) groups is 1. The first kappa shape index (κ1) is 15.9. The second kappa shape index (κ2) is 6.50. The SMILES string of the molecule is CCc1sc(N)c(C(=O)OC(C)C)c1-c1ccc(Cl)cc1. The van der Waals surface area contributed by atoms with Crippen LogP contribution in [0.25, 0.3) is 11.1 Å². The van der Waals surface area contributed by atoms with Crippen LogP contribution in [0, 0.1) is 0 Å². The Labute approximate surface area is 133 Å². The third kappa shape index (κ3) is 3.39. The lowest BCUT2D eigenvalue weighted by atomic mass is 10.0. The summed E-state index contributed by atoms with van der Waals surface area (Å²) in [7, 11) is 0. The van der Waals surface area contributed by atoms with E-state index in [-0.39, 0.29) is 12.1 Å². The fraction of sp³-hybridized carbons (Fsp3) is 0.312. The van der Waals surface area contributed by atoms with Crippen molar-refractivity contribution in [3.05, 3.63) is 39.7 Å². The largest absolute Gasteiger partial charge is 0.459 e. The molecule has 5 heteroatoms. The molecule has 21 heavy (non-hydrogen) atoms. The molecule has 0 aliphatic rings. The summed E-state index contributed by atoms with van der Waals surface area (Å²) in [6.07, 6.45) is 0.627. The summed E-state index contributed by atoms with van der Waals surface area (Å²) in [5, 5.41) is 1.16. The van der Waals surface area contributed by atoms with Gasteiger partial charge in [-0.05, 0) is 38.0 Å². The average molecular weight is 324 g/mol. The van der Waals surface area contributed by atoms with Crippen molar-refractivity contribution in [1.82, 2.24) is 0 Å². The van der Waals surface area contributed by atoms with Crippen molar-refractivity contribution in [2.24, 2.45) is 0 Å². The minimum absolute atomic E-state index is 0.181. The molecule has 112 valence electrons. The molecule has 0 aliphatic carbocycles. The predicted molar refractivity (Wildman–Crippen MR) is 89.1 cm³/mol. The number of esters is 1. The number of hydrogen-bond donors (Lipinski definition) is 1. The Bertz CT molecular complexity index is 647. The summed E-state index contributed by atoms with van der Waals surface area (Å²) >= 11 is 7.37. The maximum absolute atomic E-state index is 12.3. The molecule has 0 fully saturated rings. The summed E-state index contributed by atoms with van der Waals surface area (Å²) in [6.45, 7) is 5.69. The molecule has 3 nitrogen and oxygen atoms in total. The number of nitrogen functional groups attached to an aromatic ring is 1. The standard InChI is InChI=1S/C16H18ClNO2S/c1-4-12-13(10-5-7-11(17)8-6-10)14(15(18)21-12)16(19)20-9(2)3/h5-9H,4,18H2,1-3H3. The second-order valence-electron chi connectivity index (χ2n) is 4.95. The Balaban J connectivity index is 2.57. The summed E-state index contributed by atoms with van der Waals surface area (Å²) in [5.74, 6) is -0.372. The van der Waals surface area contributed by atoms with Crippen molar-refractivity contribution < 1.29 is 9.53 Å². The fourth-order valence-electron chi connectivity index (χ4n) is 2.14. The van der Waals surface area contributed by atoms with Crippen molar-refractivity contribution >= 4 is 33.9 Å². The summed E-state index contributed by atoms with van der Waals surface area (Å²) < 4.78 is 5.32. The first-order valence-corrected chi connectivity index (χ1v) is 8.01. The lowest BCUT2D eigenvalue weighted by Crippen LogP contribution is -2.13. The van der Waals surface area contributed by atoms with Crippen LogP contribution in [0.5, 0.6) is 0 Å². The van der Waals surface area contributed by atoms with Gasteiger partial charge in [0.15, 0.2) is 0 Å². The Morgan fingerprint density at radius 1 is 1.33 bits per heavy atom. The molecule has 1 heterocycles. The van der Waals surface area contributed by atoms with Crippen molar-refractivity contribution in [3.8, 4) is 11.1 Å². The normalized spacial score (nSPS) is 10.9. The van der Waals surface area contributed by atoms with E-state index in [4.69, 9.17) is 22.1 Å². The Morgan fingerprint density at radius 2 is 1.95 bits per heavy atom. The van der Waals surface area contributed by atoms with Gasteiger partial charge in [-0.1, -0.05) is 30.7 Å². The van der Waals surface area contributed by atoms with Gasteiger partial charge in [-0.25, -0.2) is 4.79 Å². The molecule has 0 bridgehead atoms. The topological polar surface area (TPSA) is 52.3 Å². The maximum atomic E-state index is 12.3. The third-order valence-corrected chi connectivity index (χ3v) is 4.42. The maximum Gasteiger partial charge on any atom is 0.342 e. The van der Waals surface area contributed by atoms with Crippen LogP contribution in [0.1, 0.15) is 36.0 Å². The fourth-order valence-corrected chi connectivity index (χ4v) is 3.29. The van der Waals surface area contributed by atoms with Gasteiger partial charge in [0.1, 0.15) is 10.6 Å². The van der Waals surface area contributed by atoms with Crippen LogP contribution in [0.15, 0.2) is 24.3 Å². The van der Waals surface area contributed by atoms with E-state index in [0.717, 1.165) is 22.4 Å². The molecule has 2 N–H and O–H groups in total. The molecular weight excluding hydrogens is 306 g/mol. The van der Waals surface area contributed by atoms with Gasteiger partial charge in [0, 0.05) is 15.5 Å². The van der Waals surface area contributed by atoms with Crippen LogP contribution in [0.3, 0.4) is 0 Å². The monoisotopic (exact) mass is 323 g/mol. The number of halogens is 1. The second-order valence-corrected chi connectivity index (χ2v) is 6.53. The quantitative estimate of drug-likeness (QED) is 0.824. The highest BCUT2D eigenvalue weighted by molar-refractivity contribution is 7.17. The number of hydrogen-bond acceptors (Lipinski definition) is 4. The summed E-state index contributed by atoms with van der Waals surface area (Å²) in [6, 6.07) is 7.41. The van der Waals surface area contributed by atoms with Gasteiger partial charge < -0.3 is 10.5 Å². The van der Waals surface area contributed by atoms with E-state index in [1.54, 1.807) is 0 Å². The molecule has 2 aromatic rings. The van der Waals surface area contributed by atoms with E-state index < -0.39 is 0 Å². The molecule has 2 rings (SSSR count). The van der Waals surface area contributed by atoms with Gasteiger partial charge in [-0.3, -0.25) is 0 Å². The number of carbonyl (C=O) groups excluding carboxylic acids is 1. The van der Waals surface area contributed by atoms with Crippen molar-refractivity contribution in [2.45, 2.75) is 33.3 Å². The lowest BCUT2D eigenvalue weighted by Gasteiger charge is -2.10. The van der Waals surface area contributed by atoms with Gasteiger partial charge in [0.2, 0.25) is 0 Å². The van der Waals surface area contributed by atoms with E-state index in [1.807, 2.05) is 45.0 Å². The molecule has 0 amide bonds. The van der Waals surface area contributed by atoms with Gasteiger partial charge >= 0.3 is 5.97 Å². The van der Waals surface area contributed by atoms with Crippen molar-refractivity contribution in [2.75, 3.05) is 5.73 Å². The van der Waals surface area contributed by atoms with E-state index in [2.05, 4.69) is 0 Å². The Kier molecular flexibility index (Phi) is 4.91. The van der Waals surface area contributed by atoms with E-state index in [1.165, 1.54) is 11.3 Å². The zero-order valence-electron chi connectivity index (χ0n) is 12.3. The zero-order valence-corrected chi connectivity index (χ0v) is 13.8. The highest BCUT2D eigenvalue weighted by atomic mass is 35.5. The Morgan fingerprint density at radius 3 is 2.48 bits per heavy atom. The highest BCUT2D eigenvalue weighted by Gasteiger charge is 2.24. The highest BCUT2D eigenvalue weighted by Crippen LogP contribution is 2.39. The van der Waals surface area contributed by atoms with Gasteiger partial charge in [0.05, 0.1) is 6.10 Å². The third-order valence-electron chi connectivity index (χ3n) is 3.01. The molecule has 0 atom stereocenters. The van der Waals surface area contributed by atoms with E-state index in [9.17, 15) is 4.79 Å². The van der Waals surface area contributed by atoms with Gasteiger partial charge in [-0.15, -0.1) is 11.3 Å². The molecule has 0 saturated heterocycles. The number of anilines is 1. The first-order chi connectivity index (χ1) is 9.93. The minimum atomic E-state index is -0.372. The van der Waals surface area contributed by atoms with Crippen LogP contribution in [-0.2, 0) is 11.2 Å². The van der Waals surface area contributed by atoms with Gasteiger partial charge in [-0.2, -0.15) is 0 Å². The van der Waals surface area contributed by atoms with Crippen molar-refractivity contribution in [1.29, 1.82) is 0 Å². The Hall–Kier alpha value is -1.52. The average Bonchev–Trinajstić information content (AvgIpc) is 2.75. The molecule has 1 aromatic heterocycles. The number of nitrogens with two attached hydrogens (primary N) is 1. The summed E-state index contributed by atoms with van der Waals surface area (Å²) in [5.41, 5.74) is 8.31. The van der Waals surface area contributed by atoms with Gasteiger partial charge in [0.25, 0.3) is 0 Å². The number of benzene rings is 1. The van der Waals surface area contributed by atoms with E-state index in [0.29, 0.717) is 15.6 Å². The number of thiophene rings is 1.